The van der Waals surface area contributed by atoms with Gasteiger partial charge in [-0.3, -0.25) is 4.79 Å². The van der Waals surface area contributed by atoms with Crippen LogP contribution in [0.4, 0.5) is 0 Å². The van der Waals surface area contributed by atoms with Gasteiger partial charge in [0.15, 0.2) is 0 Å². The van der Waals surface area contributed by atoms with Gasteiger partial charge in [-0.25, -0.2) is 0 Å². The zero-order valence-corrected chi connectivity index (χ0v) is 13.6. The lowest BCUT2D eigenvalue weighted by Gasteiger charge is -2.27. The van der Waals surface area contributed by atoms with E-state index >= 15 is 0 Å². The summed E-state index contributed by atoms with van der Waals surface area (Å²) in [5, 5.41) is 4.35. The maximum atomic E-state index is 12.5. The number of hydrogen-bond donors (Lipinski definition) is 1. The third kappa shape index (κ3) is 2.88. The highest BCUT2D eigenvalue weighted by Gasteiger charge is 2.19. The van der Waals surface area contributed by atoms with Crippen LogP contribution in [0.25, 0.3) is 11.0 Å². The summed E-state index contributed by atoms with van der Waals surface area (Å²) in [6, 6.07) is 4.28. The number of furan rings is 1. The van der Waals surface area contributed by atoms with Crippen LogP contribution in [0.3, 0.4) is 0 Å². The van der Waals surface area contributed by atoms with Gasteiger partial charge in [0.2, 0.25) is 5.91 Å². The van der Waals surface area contributed by atoms with Gasteiger partial charge in [-0.1, -0.05) is 13.8 Å². The van der Waals surface area contributed by atoms with Gasteiger partial charge in [0.1, 0.15) is 5.58 Å². The van der Waals surface area contributed by atoms with Gasteiger partial charge in [-0.2, -0.15) is 0 Å². The first-order valence-corrected chi connectivity index (χ1v) is 8.05. The molecule has 0 atom stereocenters. The molecule has 1 aliphatic heterocycles. The van der Waals surface area contributed by atoms with E-state index in [1.54, 1.807) is 6.26 Å². The van der Waals surface area contributed by atoms with Gasteiger partial charge in [0.05, 0.1) is 12.7 Å². The van der Waals surface area contributed by atoms with Gasteiger partial charge in [-0.05, 0) is 36.1 Å². The van der Waals surface area contributed by atoms with Crippen molar-refractivity contribution in [3.05, 3.63) is 35.1 Å². The van der Waals surface area contributed by atoms with Crippen molar-refractivity contribution in [1.29, 1.82) is 0 Å². The predicted molar refractivity (Wildman–Crippen MR) is 88.2 cm³/mol. The van der Waals surface area contributed by atoms with Gasteiger partial charge in [0.25, 0.3) is 0 Å². The lowest BCUT2D eigenvalue weighted by Crippen LogP contribution is -2.46. The molecule has 0 radical (unpaired) electrons. The van der Waals surface area contributed by atoms with Gasteiger partial charge in [-0.15, -0.1) is 0 Å². The second-order valence-electron chi connectivity index (χ2n) is 6.43. The molecule has 4 heteroatoms. The minimum absolute atomic E-state index is 0.191. The second-order valence-corrected chi connectivity index (χ2v) is 6.43. The molecular formula is C18H24N2O2. The quantitative estimate of drug-likeness (QED) is 0.948. The van der Waals surface area contributed by atoms with E-state index in [9.17, 15) is 4.79 Å². The third-order valence-electron chi connectivity index (χ3n) is 4.48. The Bertz CT molecular complexity index is 682. The minimum Gasteiger partial charge on any atom is -0.464 e. The fourth-order valence-electron chi connectivity index (χ4n) is 3.19. The Morgan fingerprint density at radius 2 is 2.05 bits per heavy atom. The van der Waals surface area contributed by atoms with E-state index < -0.39 is 0 Å². The van der Waals surface area contributed by atoms with Crippen LogP contribution in [0.2, 0.25) is 0 Å². The summed E-state index contributed by atoms with van der Waals surface area (Å²) in [5.74, 6) is 0.659. The molecule has 1 amide bonds. The van der Waals surface area contributed by atoms with Crippen molar-refractivity contribution in [2.75, 3.05) is 26.2 Å². The molecule has 4 nitrogen and oxygen atoms in total. The second kappa shape index (κ2) is 6.13. The summed E-state index contributed by atoms with van der Waals surface area (Å²) < 4.78 is 5.67. The molecule has 1 aliphatic rings. The number of fused-ring (bicyclic) bond motifs is 1. The number of carbonyl (C=O) groups is 1. The SMILES string of the molecule is Cc1cc2occ(CC(=O)N3CCNCC3)c2cc1C(C)C. The molecule has 2 aromatic rings. The normalized spacial score (nSPS) is 15.7. The first kappa shape index (κ1) is 15.1. The third-order valence-corrected chi connectivity index (χ3v) is 4.48. The Morgan fingerprint density at radius 3 is 2.73 bits per heavy atom. The number of amides is 1. The highest BCUT2D eigenvalue weighted by molar-refractivity contribution is 5.88. The average Bonchev–Trinajstić information content (AvgIpc) is 2.89. The molecule has 3 rings (SSSR count). The van der Waals surface area contributed by atoms with E-state index in [1.165, 1.54) is 11.1 Å². The highest BCUT2D eigenvalue weighted by atomic mass is 16.3. The number of nitrogens with one attached hydrogen (secondary N) is 1. The van der Waals surface area contributed by atoms with Crippen LogP contribution in [0.15, 0.2) is 22.8 Å². The van der Waals surface area contributed by atoms with Crippen LogP contribution < -0.4 is 5.32 Å². The molecule has 1 N–H and O–H groups in total. The maximum absolute atomic E-state index is 12.5. The Hall–Kier alpha value is -1.81. The number of hydrogen-bond acceptors (Lipinski definition) is 3. The first-order valence-electron chi connectivity index (χ1n) is 8.05. The molecule has 1 saturated heterocycles. The van der Waals surface area contributed by atoms with Crippen molar-refractivity contribution >= 4 is 16.9 Å². The highest BCUT2D eigenvalue weighted by Crippen LogP contribution is 2.29. The molecule has 118 valence electrons. The summed E-state index contributed by atoms with van der Waals surface area (Å²) in [6.45, 7) is 9.86. The number of carbonyl (C=O) groups excluding carboxylic acids is 1. The van der Waals surface area contributed by atoms with Crippen LogP contribution in [-0.2, 0) is 11.2 Å². The lowest BCUT2D eigenvalue weighted by molar-refractivity contribution is -0.131. The van der Waals surface area contributed by atoms with Crippen LogP contribution in [0, 0.1) is 6.92 Å². The number of nitrogens with zero attached hydrogens (tertiary/aromatic N) is 1. The van der Waals surface area contributed by atoms with Crippen molar-refractivity contribution < 1.29 is 9.21 Å². The number of rotatable bonds is 3. The van der Waals surface area contributed by atoms with E-state index in [2.05, 4.69) is 38.2 Å². The van der Waals surface area contributed by atoms with Crippen LogP contribution in [0.5, 0.6) is 0 Å². The molecule has 2 heterocycles. The minimum atomic E-state index is 0.191. The summed E-state index contributed by atoms with van der Waals surface area (Å²) >= 11 is 0. The van der Waals surface area contributed by atoms with Crippen molar-refractivity contribution in [3.8, 4) is 0 Å². The summed E-state index contributed by atoms with van der Waals surface area (Å²) in [4.78, 5) is 14.4. The number of benzene rings is 1. The summed E-state index contributed by atoms with van der Waals surface area (Å²) in [7, 11) is 0. The van der Waals surface area contributed by atoms with Gasteiger partial charge in [0, 0.05) is 37.1 Å². The van der Waals surface area contributed by atoms with E-state index in [-0.39, 0.29) is 5.91 Å². The molecule has 1 aromatic heterocycles. The van der Waals surface area contributed by atoms with Crippen molar-refractivity contribution in [1.82, 2.24) is 10.2 Å². The first-order chi connectivity index (χ1) is 10.6. The van der Waals surface area contributed by atoms with Crippen LogP contribution in [-0.4, -0.2) is 37.0 Å². The van der Waals surface area contributed by atoms with E-state index in [1.807, 2.05) is 4.90 Å². The van der Waals surface area contributed by atoms with E-state index in [0.717, 1.165) is 42.7 Å². The molecule has 0 aliphatic carbocycles. The van der Waals surface area contributed by atoms with Crippen molar-refractivity contribution in [3.63, 3.8) is 0 Å². The van der Waals surface area contributed by atoms with Crippen LogP contribution in [0.1, 0.15) is 36.5 Å². The zero-order chi connectivity index (χ0) is 15.7. The predicted octanol–water partition coefficient (Wildman–Crippen LogP) is 2.84. The molecule has 0 saturated carbocycles. The maximum Gasteiger partial charge on any atom is 0.227 e. The smallest absolute Gasteiger partial charge is 0.227 e. The fraction of sp³-hybridized carbons (Fsp3) is 0.500. The molecular weight excluding hydrogens is 276 g/mol. The molecule has 0 spiro atoms. The summed E-state index contributed by atoms with van der Waals surface area (Å²) in [6.07, 6.45) is 2.17. The fourth-order valence-corrected chi connectivity index (χ4v) is 3.19. The van der Waals surface area contributed by atoms with Gasteiger partial charge >= 0.3 is 0 Å². The molecule has 1 aromatic carbocycles. The van der Waals surface area contributed by atoms with E-state index in [4.69, 9.17) is 4.42 Å². The number of aryl methyl sites for hydroxylation is 1. The molecule has 22 heavy (non-hydrogen) atoms. The monoisotopic (exact) mass is 300 g/mol. The molecule has 0 bridgehead atoms. The zero-order valence-electron chi connectivity index (χ0n) is 13.6. The molecule has 0 unspecified atom stereocenters. The Balaban J connectivity index is 1.87. The van der Waals surface area contributed by atoms with E-state index in [0.29, 0.717) is 12.3 Å². The lowest BCUT2D eigenvalue weighted by atomic mass is 9.95. The van der Waals surface area contributed by atoms with Crippen molar-refractivity contribution in [2.45, 2.75) is 33.1 Å². The standard InChI is InChI=1S/C18H24N2O2/c1-12(2)15-10-16-14(11-22-17(16)8-13(15)3)9-18(21)20-6-4-19-5-7-20/h8,10-12,19H,4-7,9H2,1-3H3. The Labute approximate surface area is 131 Å². The van der Waals surface area contributed by atoms with Crippen LogP contribution >= 0.6 is 0 Å². The van der Waals surface area contributed by atoms with Crippen molar-refractivity contribution in [2.24, 2.45) is 0 Å². The largest absolute Gasteiger partial charge is 0.464 e. The van der Waals surface area contributed by atoms with Gasteiger partial charge < -0.3 is 14.6 Å². The average molecular weight is 300 g/mol. The topological polar surface area (TPSA) is 45.5 Å². The summed E-state index contributed by atoms with van der Waals surface area (Å²) in [5.41, 5.74) is 4.45. The number of piperazine rings is 1. The Kier molecular flexibility index (Phi) is 4.21. The Morgan fingerprint density at radius 1 is 1.32 bits per heavy atom. The molecule has 1 fully saturated rings.